The lowest BCUT2D eigenvalue weighted by Gasteiger charge is -2.26. The van der Waals surface area contributed by atoms with Crippen molar-refractivity contribution in [1.29, 1.82) is 0 Å². The summed E-state index contributed by atoms with van der Waals surface area (Å²) in [7, 11) is 0. The summed E-state index contributed by atoms with van der Waals surface area (Å²) in [6, 6.07) is 3.52. The van der Waals surface area contributed by atoms with Crippen LogP contribution in [0.15, 0.2) is 23.1 Å². The minimum atomic E-state index is -0.125. The lowest BCUT2D eigenvalue weighted by atomic mass is 10.1. The Morgan fingerprint density at radius 3 is 3.00 bits per heavy atom. The number of pyridine rings is 1. The second-order valence-corrected chi connectivity index (χ2v) is 5.98. The number of nitrogens with two attached hydrogens (primary N) is 1. The molecule has 24 heavy (non-hydrogen) atoms. The van der Waals surface area contributed by atoms with Crippen molar-refractivity contribution in [2.45, 2.75) is 25.8 Å². The quantitative estimate of drug-likeness (QED) is 0.736. The molecule has 0 aliphatic carbocycles. The molecule has 3 N–H and O–H groups in total. The van der Waals surface area contributed by atoms with Crippen LogP contribution in [0.2, 0.25) is 0 Å². The maximum atomic E-state index is 13.2. The van der Waals surface area contributed by atoms with Crippen LogP contribution >= 0.6 is 0 Å². The predicted molar refractivity (Wildman–Crippen MR) is 89.6 cm³/mol. The summed E-state index contributed by atoms with van der Waals surface area (Å²) in [4.78, 5) is 21.7. The van der Waals surface area contributed by atoms with E-state index in [1.807, 2.05) is 6.92 Å². The molecule has 0 radical (unpaired) electrons. The molecule has 1 fully saturated rings. The SMILES string of the molecule is Cc1nc(N)nc2c1cc(-c1ccn[nH]1)c(=O)n2[C@@H]1CCCOC1. The van der Waals surface area contributed by atoms with Crippen LogP contribution in [-0.2, 0) is 4.74 Å². The Morgan fingerprint density at radius 2 is 2.29 bits per heavy atom. The van der Waals surface area contributed by atoms with Crippen molar-refractivity contribution in [2.75, 3.05) is 18.9 Å². The molecule has 0 spiro atoms. The maximum Gasteiger partial charge on any atom is 0.261 e. The second-order valence-electron chi connectivity index (χ2n) is 5.98. The van der Waals surface area contributed by atoms with Crippen LogP contribution in [-0.4, -0.2) is 37.9 Å². The second kappa shape index (κ2) is 5.72. The summed E-state index contributed by atoms with van der Waals surface area (Å²) in [5.41, 5.74) is 8.21. The number of hydrogen-bond donors (Lipinski definition) is 2. The molecule has 0 amide bonds. The minimum absolute atomic E-state index is 0.0645. The smallest absolute Gasteiger partial charge is 0.261 e. The molecule has 0 bridgehead atoms. The summed E-state index contributed by atoms with van der Waals surface area (Å²) >= 11 is 0. The number of aromatic amines is 1. The molecule has 1 atom stereocenters. The van der Waals surface area contributed by atoms with Crippen molar-refractivity contribution in [3.8, 4) is 11.3 Å². The molecule has 124 valence electrons. The Balaban J connectivity index is 2.06. The highest BCUT2D eigenvalue weighted by atomic mass is 16.5. The standard InChI is InChI=1S/C16H18N6O2/c1-9-11-7-12(13-4-5-18-21-13)15(23)22(10-3-2-6-24-8-10)14(11)20-16(17)19-9/h4-5,7,10H,2-3,6,8H2,1H3,(H,18,21)(H2,17,19,20)/t10-/m1/s1. The zero-order valence-electron chi connectivity index (χ0n) is 13.3. The molecule has 4 heterocycles. The predicted octanol–water partition coefficient (Wildman–Crippen LogP) is 1.42. The Morgan fingerprint density at radius 1 is 1.42 bits per heavy atom. The third-order valence-electron chi connectivity index (χ3n) is 4.39. The third-order valence-corrected chi connectivity index (χ3v) is 4.39. The van der Waals surface area contributed by atoms with E-state index in [0.29, 0.717) is 23.5 Å². The molecular formula is C16H18N6O2. The molecule has 8 nitrogen and oxygen atoms in total. The number of ether oxygens (including phenoxy) is 1. The third kappa shape index (κ3) is 2.35. The van der Waals surface area contributed by atoms with Crippen molar-refractivity contribution in [2.24, 2.45) is 0 Å². The molecule has 1 aliphatic heterocycles. The van der Waals surface area contributed by atoms with Gasteiger partial charge in [0.05, 0.1) is 29.6 Å². The summed E-state index contributed by atoms with van der Waals surface area (Å²) in [6.07, 6.45) is 3.40. The monoisotopic (exact) mass is 326 g/mol. The van der Waals surface area contributed by atoms with Gasteiger partial charge in [0.1, 0.15) is 5.65 Å². The summed E-state index contributed by atoms with van der Waals surface area (Å²) < 4.78 is 7.28. The first-order valence-corrected chi connectivity index (χ1v) is 7.92. The fraction of sp³-hybridized carbons (Fsp3) is 0.375. The first kappa shape index (κ1) is 14.8. The van der Waals surface area contributed by atoms with E-state index in [9.17, 15) is 4.79 Å². The molecule has 0 aromatic carbocycles. The number of nitrogen functional groups attached to an aromatic ring is 1. The van der Waals surface area contributed by atoms with Gasteiger partial charge in [-0.05, 0) is 31.9 Å². The van der Waals surface area contributed by atoms with E-state index < -0.39 is 0 Å². The Hall–Kier alpha value is -2.74. The highest BCUT2D eigenvalue weighted by Gasteiger charge is 2.23. The number of aromatic nitrogens is 5. The highest BCUT2D eigenvalue weighted by Crippen LogP contribution is 2.26. The summed E-state index contributed by atoms with van der Waals surface area (Å²) in [5, 5.41) is 7.61. The number of hydrogen-bond acceptors (Lipinski definition) is 6. The number of aryl methyl sites for hydroxylation is 1. The van der Waals surface area contributed by atoms with Crippen molar-refractivity contribution in [3.63, 3.8) is 0 Å². The molecule has 3 aromatic rings. The van der Waals surface area contributed by atoms with E-state index >= 15 is 0 Å². The summed E-state index contributed by atoms with van der Waals surface area (Å²) in [5.74, 6) is 0.166. The number of H-pyrrole nitrogens is 1. The van der Waals surface area contributed by atoms with Gasteiger partial charge in [0.25, 0.3) is 5.56 Å². The zero-order valence-corrected chi connectivity index (χ0v) is 13.3. The van der Waals surface area contributed by atoms with E-state index in [-0.39, 0.29) is 17.5 Å². The van der Waals surface area contributed by atoms with Crippen LogP contribution in [0.3, 0.4) is 0 Å². The van der Waals surface area contributed by atoms with E-state index in [4.69, 9.17) is 10.5 Å². The average molecular weight is 326 g/mol. The normalized spacial score (nSPS) is 18.1. The van der Waals surface area contributed by atoms with Gasteiger partial charge < -0.3 is 10.5 Å². The molecule has 3 aromatic heterocycles. The number of nitrogens with one attached hydrogen (secondary N) is 1. The molecule has 0 saturated carbocycles. The molecule has 8 heteroatoms. The molecule has 1 saturated heterocycles. The summed E-state index contributed by atoms with van der Waals surface area (Å²) in [6.45, 7) is 3.08. The van der Waals surface area contributed by atoms with Crippen LogP contribution in [0.25, 0.3) is 22.3 Å². The Labute approximate surface area is 137 Å². The van der Waals surface area contributed by atoms with Crippen LogP contribution in [0.1, 0.15) is 24.6 Å². The van der Waals surface area contributed by atoms with Gasteiger partial charge >= 0.3 is 0 Å². The fourth-order valence-corrected chi connectivity index (χ4v) is 3.24. The topological polar surface area (TPSA) is 112 Å². The molecule has 0 unspecified atom stereocenters. The largest absolute Gasteiger partial charge is 0.379 e. The van der Waals surface area contributed by atoms with E-state index in [1.165, 1.54) is 0 Å². The number of rotatable bonds is 2. The van der Waals surface area contributed by atoms with Gasteiger partial charge in [-0.2, -0.15) is 10.1 Å². The van der Waals surface area contributed by atoms with Crippen molar-refractivity contribution >= 4 is 17.0 Å². The fourth-order valence-electron chi connectivity index (χ4n) is 3.24. The van der Waals surface area contributed by atoms with Gasteiger partial charge in [0.15, 0.2) is 0 Å². The lowest BCUT2D eigenvalue weighted by molar-refractivity contribution is 0.0594. The van der Waals surface area contributed by atoms with Crippen molar-refractivity contribution in [3.05, 3.63) is 34.4 Å². The van der Waals surface area contributed by atoms with Crippen LogP contribution in [0.5, 0.6) is 0 Å². The highest BCUT2D eigenvalue weighted by molar-refractivity contribution is 5.83. The van der Waals surface area contributed by atoms with Gasteiger partial charge in [0.2, 0.25) is 5.95 Å². The van der Waals surface area contributed by atoms with Gasteiger partial charge in [-0.1, -0.05) is 0 Å². The first-order valence-electron chi connectivity index (χ1n) is 7.92. The Bertz CT molecular complexity index is 941. The van der Waals surface area contributed by atoms with E-state index in [1.54, 1.807) is 22.9 Å². The van der Waals surface area contributed by atoms with Gasteiger partial charge in [0, 0.05) is 18.2 Å². The van der Waals surface area contributed by atoms with E-state index in [0.717, 1.165) is 30.5 Å². The lowest BCUT2D eigenvalue weighted by Crippen LogP contribution is -2.32. The molecule has 4 rings (SSSR count). The van der Waals surface area contributed by atoms with Gasteiger partial charge in [-0.3, -0.25) is 14.5 Å². The van der Waals surface area contributed by atoms with Gasteiger partial charge in [-0.25, -0.2) is 4.98 Å². The zero-order chi connectivity index (χ0) is 16.7. The van der Waals surface area contributed by atoms with E-state index in [2.05, 4.69) is 20.2 Å². The first-order chi connectivity index (χ1) is 11.6. The minimum Gasteiger partial charge on any atom is -0.379 e. The molecular weight excluding hydrogens is 308 g/mol. The Kier molecular flexibility index (Phi) is 3.53. The van der Waals surface area contributed by atoms with Gasteiger partial charge in [-0.15, -0.1) is 0 Å². The molecule has 1 aliphatic rings. The van der Waals surface area contributed by atoms with Crippen LogP contribution in [0, 0.1) is 6.92 Å². The van der Waals surface area contributed by atoms with Crippen LogP contribution < -0.4 is 11.3 Å². The van der Waals surface area contributed by atoms with Crippen LogP contribution in [0.4, 0.5) is 5.95 Å². The van der Waals surface area contributed by atoms with Crippen molar-refractivity contribution in [1.82, 2.24) is 24.7 Å². The maximum absolute atomic E-state index is 13.2. The number of anilines is 1. The number of nitrogens with zero attached hydrogens (tertiary/aromatic N) is 4. The number of fused-ring (bicyclic) bond motifs is 1. The van der Waals surface area contributed by atoms with Crippen molar-refractivity contribution < 1.29 is 4.74 Å². The average Bonchev–Trinajstić information content (AvgIpc) is 3.09.